The third-order valence-electron chi connectivity index (χ3n) is 2.43. The molecule has 0 saturated carbocycles. The van der Waals surface area contributed by atoms with Gasteiger partial charge in [0, 0.05) is 29.7 Å². The molecule has 0 saturated heterocycles. The van der Waals surface area contributed by atoms with Crippen molar-refractivity contribution in [2.45, 2.75) is 6.92 Å². The van der Waals surface area contributed by atoms with Gasteiger partial charge in [0.2, 0.25) is 10.0 Å². The first-order valence-corrected chi connectivity index (χ1v) is 8.41. The summed E-state index contributed by atoms with van der Waals surface area (Å²) in [4.78, 5) is 22.0. The second kappa shape index (κ2) is 7.48. The summed E-state index contributed by atoms with van der Waals surface area (Å²) in [5.41, 5.74) is -0.145. The van der Waals surface area contributed by atoms with Gasteiger partial charge in [-0.25, -0.2) is 13.1 Å². The van der Waals surface area contributed by atoms with Gasteiger partial charge in [0.05, 0.1) is 16.2 Å². The number of nitrogens with zero attached hydrogens (tertiary/aromatic N) is 1. The summed E-state index contributed by atoms with van der Waals surface area (Å²) in [6.07, 6.45) is 0. The van der Waals surface area contributed by atoms with E-state index in [-0.39, 0.29) is 30.1 Å². The number of halogens is 1. The maximum absolute atomic E-state index is 11.9. The largest absolute Gasteiger partial charge is 0.351 e. The van der Waals surface area contributed by atoms with Crippen LogP contribution in [-0.2, 0) is 10.0 Å². The molecule has 0 bridgehead atoms. The SMILES string of the molecule is CCNS(=O)(=O)CCNC(=O)c1cc([N+](=O)[O-])ccc1Br. The average molecular weight is 380 g/mol. The topological polar surface area (TPSA) is 118 Å². The van der Waals surface area contributed by atoms with Crippen LogP contribution >= 0.6 is 15.9 Å². The Morgan fingerprint density at radius 1 is 1.43 bits per heavy atom. The van der Waals surface area contributed by atoms with Crippen LogP contribution in [0.5, 0.6) is 0 Å². The molecular formula is C11H14BrN3O5S. The highest BCUT2D eigenvalue weighted by atomic mass is 79.9. The normalized spacial score (nSPS) is 11.1. The minimum atomic E-state index is -3.43. The van der Waals surface area contributed by atoms with Gasteiger partial charge in [-0.3, -0.25) is 14.9 Å². The lowest BCUT2D eigenvalue weighted by atomic mass is 10.2. The molecule has 2 N–H and O–H groups in total. The highest BCUT2D eigenvalue weighted by Gasteiger charge is 2.16. The van der Waals surface area contributed by atoms with Crippen LogP contribution in [0.2, 0.25) is 0 Å². The van der Waals surface area contributed by atoms with Crippen LogP contribution in [-0.4, -0.2) is 38.1 Å². The number of carbonyl (C=O) groups excluding carboxylic acids is 1. The first kappa shape index (κ1) is 17.5. The molecular weight excluding hydrogens is 366 g/mol. The van der Waals surface area contributed by atoms with Gasteiger partial charge >= 0.3 is 0 Å². The molecule has 8 nitrogen and oxygen atoms in total. The second-order valence-corrected chi connectivity index (χ2v) is 6.77. The second-order valence-electron chi connectivity index (χ2n) is 3.99. The molecule has 0 aromatic heterocycles. The fourth-order valence-electron chi connectivity index (χ4n) is 1.49. The molecule has 0 aliphatic carbocycles. The van der Waals surface area contributed by atoms with E-state index in [1.807, 2.05) is 0 Å². The highest BCUT2D eigenvalue weighted by molar-refractivity contribution is 9.10. The van der Waals surface area contributed by atoms with Crippen LogP contribution < -0.4 is 10.0 Å². The van der Waals surface area contributed by atoms with Crippen LogP contribution in [0.15, 0.2) is 22.7 Å². The van der Waals surface area contributed by atoms with Crippen molar-refractivity contribution < 1.29 is 18.1 Å². The Balaban J connectivity index is 2.72. The molecule has 1 aromatic rings. The highest BCUT2D eigenvalue weighted by Crippen LogP contribution is 2.22. The van der Waals surface area contributed by atoms with E-state index in [1.54, 1.807) is 6.92 Å². The summed E-state index contributed by atoms with van der Waals surface area (Å²) >= 11 is 3.12. The van der Waals surface area contributed by atoms with Crippen molar-refractivity contribution in [3.8, 4) is 0 Å². The first-order chi connectivity index (χ1) is 9.76. The molecule has 0 spiro atoms. The Morgan fingerprint density at radius 3 is 2.67 bits per heavy atom. The van der Waals surface area contributed by atoms with Gasteiger partial charge in [-0.15, -0.1) is 0 Å². The van der Waals surface area contributed by atoms with E-state index in [4.69, 9.17) is 0 Å². The number of non-ortho nitro benzene ring substituents is 1. The van der Waals surface area contributed by atoms with E-state index in [1.165, 1.54) is 12.1 Å². The lowest BCUT2D eigenvalue weighted by Crippen LogP contribution is -2.34. The number of amides is 1. The number of nitrogens with one attached hydrogen (secondary N) is 2. The monoisotopic (exact) mass is 379 g/mol. The average Bonchev–Trinajstić information content (AvgIpc) is 2.38. The van der Waals surface area contributed by atoms with Crippen LogP contribution in [0.1, 0.15) is 17.3 Å². The predicted octanol–water partition coefficient (Wildman–Crippen LogP) is 1.03. The molecule has 0 atom stereocenters. The van der Waals surface area contributed by atoms with Crippen molar-refractivity contribution in [3.05, 3.63) is 38.3 Å². The van der Waals surface area contributed by atoms with Crippen molar-refractivity contribution >= 4 is 37.5 Å². The van der Waals surface area contributed by atoms with Crippen LogP contribution in [0.3, 0.4) is 0 Å². The molecule has 0 heterocycles. The number of rotatable bonds is 7. The Kier molecular flexibility index (Phi) is 6.24. The standard InChI is InChI=1S/C11H14BrN3O5S/c1-2-14-21(19,20)6-5-13-11(16)9-7-8(15(17)18)3-4-10(9)12/h3-4,7,14H,2,5-6H2,1H3,(H,13,16). The third-order valence-corrected chi connectivity index (χ3v) is 4.59. The Hall–Kier alpha value is -1.52. The number of carbonyl (C=O) groups is 1. The van der Waals surface area contributed by atoms with E-state index >= 15 is 0 Å². The summed E-state index contributed by atoms with van der Waals surface area (Å²) < 4.78 is 25.5. The Labute approximate surface area is 130 Å². The summed E-state index contributed by atoms with van der Waals surface area (Å²) in [6.45, 7) is 1.83. The molecule has 21 heavy (non-hydrogen) atoms. The number of benzene rings is 1. The number of sulfonamides is 1. The zero-order chi connectivity index (χ0) is 16.0. The fourth-order valence-corrected chi connectivity index (χ4v) is 2.87. The number of nitro groups is 1. The molecule has 10 heteroatoms. The molecule has 0 aliphatic rings. The Bertz CT molecular complexity index is 647. The van der Waals surface area contributed by atoms with Crippen LogP contribution in [0, 0.1) is 10.1 Å². The van der Waals surface area contributed by atoms with Crippen molar-refractivity contribution in [1.29, 1.82) is 0 Å². The molecule has 1 amide bonds. The van der Waals surface area contributed by atoms with E-state index < -0.39 is 20.9 Å². The summed E-state index contributed by atoms with van der Waals surface area (Å²) in [6, 6.07) is 3.77. The van der Waals surface area contributed by atoms with Gasteiger partial charge in [0.25, 0.3) is 11.6 Å². The van der Waals surface area contributed by atoms with Crippen molar-refractivity contribution in [3.63, 3.8) is 0 Å². The van der Waals surface area contributed by atoms with Gasteiger partial charge in [0.15, 0.2) is 0 Å². The quantitative estimate of drug-likeness (QED) is 0.541. The minimum absolute atomic E-state index is 0.0741. The molecule has 0 unspecified atom stereocenters. The molecule has 0 aliphatic heterocycles. The van der Waals surface area contributed by atoms with Gasteiger partial charge in [-0.1, -0.05) is 6.92 Å². The molecule has 1 aromatic carbocycles. The molecule has 1 rings (SSSR count). The van der Waals surface area contributed by atoms with E-state index in [2.05, 4.69) is 26.0 Å². The fraction of sp³-hybridized carbons (Fsp3) is 0.364. The molecule has 0 radical (unpaired) electrons. The van der Waals surface area contributed by atoms with Gasteiger partial charge in [-0.05, 0) is 22.0 Å². The summed E-state index contributed by atoms with van der Waals surface area (Å²) in [5, 5.41) is 13.1. The van der Waals surface area contributed by atoms with Gasteiger partial charge in [0.1, 0.15) is 0 Å². The first-order valence-electron chi connectivity index (χ1n) is 5.96. The Morgan fingerprint density at radius 2 is 2.10 bits per heavy atom. The van der Waals surface area contributed by atoms with Crippen LogP contribution in [0.4, 0.5) is 5.69 Å². The smallest absolute Gasteiger partial charge is 0.270 e. The summed E-state index contributed by atoms with van der Waals surface area (Å²) in [5.74, 6) is -0.851. The lowest BCUT2D eigenvalue weighted by molar-refractivity contribution is -0.384. The van der Waals surface area contributed by atoms with E-state index in [0.717, 1.165) is 6.07 Å². The minimum Gasteiger partial charge on any atom is -0.351 e. The number of hydrogen-bond donors (Lipinski definition) is 2. The van der Waals surface area contributed by atoms with Gasteiger partial charge in [-0.2, -0.15) is 0 Å². The van der Waals surface area contributed by atoms with Crippen LogP contribution in [0.25, 0.3) is 0 Å². The van der Waals surface area contributed by atoms with Crippen molar-refractivity contribution in [1.82, 2.24) is 10.0 Å². The van der Waals surface area contributed by atoms with Crippen molar-refractivity contribution in [2.75, 3.05) is 18.8 Å². The van der Waals surface area contributed by atoms with Gasteiger partial charge < -0.3 is 5.32 Å². The lowest BCUT2D eigenvalue weighted by Gasteiger charge is -2.08. The van der Waals surface area contributed by atoms with E-state index in [0.29, 0.717) is 4.47 Å². The van der Waals surface area contributed by atoms with Crippen molar-refractivity contribution in [2.24, 2.45) is 0 Å². The molecule has 0 fully saturated rings. The third kappa shape index (κ3) is 5.40. The zero-order valence-electron chi connectivity index (χ0n) is 11.1. The zero-order valence-corrected chi connectivity index (χ0v) is 13.5. The maximum atomic E-state index is 11.9. The number of nitro benzene ring substituents is 1. The number of hydrogen-bond acceptors (Lipinski definition) is 5. The molecule has 116 valence electrons. The van der Waals surface area contributed by atoms with E-state index in [9.17, 15) is 23.3 Å². The predicted molar refractivity (Wildman–Crippen MR) is 80.6 cm³/mol. The summed E-state index contributed by atoms with van der Waals surface area (Å²) in [7, 11) is -3.43. The maximum Gasteiger partial charge on any atom is 0.270 e.